The van der Waals surface area contributed by atoms with E-state index >= 15 is 0 Å². The zero-order valence-corrected chi connectivity index (χ0v) is 18.3. The van der Waals surface area contributed by atoms with Crippen LogP contribution < -0.4 is 14.8 Å². The van der Waals surface area contributed by atoms with Crippen molar-refractivity contribution < 1.29 is 27.5 Å². The number of benzene rings is 2. The Morgan fingerprint density at radius 3 is 2.56 bits per heavy atom. The van der Waals surface area contributed by atoms with Crippen LogP contribution in [-0.4, -0.2) is 50.7 Å². The van der Waals surface area contributed by atoms with Gasteiger partial charge in [0.05, 0.1) is 12.0 Å². The minimum absolute atomic E-state index is 0.00396. The number of piperidine rings is 1. The Labute approximate surface area is 185 Å². The molecule has 2 aromatic rings. The lowest BCUT2D eigenvalue weighted by atomic mass is 10.0. The van der Waals surface area contributed by atoms with Gasteiger partial charge in [-0.2, -0.15) is 0 Å². The minimum Gasteiger partial charge on any atom is -0.497 e. The molecular weight excluding hydrogens is 434 g/mol. The topological polar surface area (TPSA) is 122 Å². The quantitative estimate of drug-likeness (QED) is 0.598. The SMILES string of the molecule is COc1ccc(CCNS(=O)(=O)c2cccc3c2CN(C2CCC(=O)NC2=O)C3=O)cc1. The van der Waals surface area contributed by atoms with Crippen LogP contribution in [0.15, 0.2) is 47.4 Å². The second-order valence-electron chi connectivity index (χ2n) is 7.68. The van der Waals surface area contributed by atoms with Crippen LogP contribution in [-0.2, 0) is 32.6 Å². The van der Waals surface area contributed by atoms with Crippen molar-refractivity contribution in [3.8, 4) is 5.75 Å². The van der Waals surface area contributed by atoms with Crippen molar-refractivity contribution >= 4 is 27.7 Å². The number of imide groups is 1. The first kappa shape index (κ1) is 22.0. The lowest BCUT2D eigenvalue weighted by Crippen LogP contribution is -2.52. The summed E-state index contributed by atoms with van der Waals surface area (Å²) in [5.74, 6) is -0.603. The van der Waals surface area contributed by atoms with E-state index in [0.29, 0.717) is 12.0 Å². The second kappa shape index (κ2) is 8.71. The Morgan fingerprint density at radius 2 is 1.88 bits per heavy atom. The number of methoxy groups -OCH3 is 1. The Balaban J connectivity index is 1.49. The van der Waals surface area contributed by atoms with Crippen LogP contribution >= 0.6 is 0 Å². The summed E-state index contributed by atoms with van der Waals surface area (Å²) >= 11 is 0. The summed E-state index contributed by atoms with van der Waals surface area (Å²) < 4.78 is 33.7. The fourth-order valence-corrected chi connectivity index (χ4v) is 5.29. The molecule has 1 atom stereocenters. The third kappa shape index (κ3) is 4.23. The van der Waals surface area contributed by atoms with Crippen LogP contribution in [0.25, 0.3) is 0 Å². The van der Waals surface area contributed by atoms with E-state index < -0.39 is 27.9 Å². The van der Waals surface area contributed by atoms with Crippen molar-refractivity contribution in [2.24, 2.45) is 0 Å². The van der Waals surface area contributed by atoms with E-state index in [-0.39, 0.29) is 42.3 Å². The molecule has 1 unspecified atom stereocenters. The van der Waals surface area contributed by atoms with E-state index in [1.807, 2.05) is 24.3 Å². The molecule has 2 aliphatic heterocycles. The van der Waals surface area contributed by atoms with Crippen molar-refractivity contribution in [1.29, 1.82) is 0 Å². The molecule has 2 aliphatic rings. The zero-order valence-electron chi connectivity index (χ0n) is 17.5. The highest BCUT2D eigenvalue weighted by atomic mass is 32.2. The summed E-state index contributed by atoms with van der Waals surface area (Å²) in [7, 11) is -2.30. The van der Waals surface area contributed by atoms with Crippen molar-refractivity contribution in [2.45, 2.75) is 36.7 Å². The normalized spacial score (nSPS) is 18.5. The van der Waals surface area contributed by atoms with E-state index in [4.69, 9.17) is 4.74 Å². The van der Waals surface area contributed by atoms with Gasteiger partial charge in [0.1, 0.15) is 11.8 Å². The highest BCUT2D eigenvalue weighted by Gasteiger charge is 2.41. The first-order chi connectivity index (χ1) is 15.3. The molecule has 9 nitrogen and oxygen atoms in total. The zero-order chi connectivity index (χ0) is 22.9. The molecule has 0 aromatic heterocycles. The van der Waals surface area contributed by atoms with E-state index in [0.717, 1.165) is 11.3 Å². The molecule has 10 heteroatoms. The number of sulfonamides is 1. The number of hydrogen-bond acceptors (Lipinski definition) is 6. The van der Waals surface area contributed by atoms with Gasteiger partial charge < -0.3 is 9.64 Å². The fourth-order valence-electron chi connectivity index (χ4n) is 4.01. The highest BCUT2D eigenvalue weighted by Crippen LogP contribution is 2.31. The molecule has 0 aliphatic carbocycles. The Bertz CT molecular complexity index is 1180. The minimum atomic E-state index is -3.88. The van der Waals surface area contributed by atoms with Crippen molar-refractivity contribution in [1.82, 2.24) is 14.9 Å². The van der Waals surface area contributed by atoms with E-state index in [2.05, 4.69) is 10.0 Å². The van der Waals surface area contributed by atoms with E-state index in [9.17, 15) is 22.8 Å². The molecule has 2 aromatic carbocycles. The van der Waals surface area contributed by atoms with Gasteiger partial charge in [-0.15, -0.1) is 0 Å². The van der Waals surface area contributed by atoms with Gasteiger partial charge in [0, 0.05) is 30.6 Å². The number of carbonyl (C=O) groups excluding carboxylic acids is 3. The lowest BCUT2D eigenvalue weighted by molar-refractivity contribution is -0.136. The molecule has 2 N–H and O–H groups in total. The number of nitrogens with zero attached hydrogens (tertiary/aromatic N) is 1. The van der Waals surface area contributed by atoms with Gasteiger partial charge in [0.25, 0.3) is 5.91 Å². The Hall–Kier alpha value is -3.24. The van der Waals surface area contributed by atoms with Crippen LogP contribution in [0.1, 0.15) is 34.3 Å². The maximum atomic E-state index is 13.0. The first-order valence-corrected chi connectivity index (χ1v) is 11.7. The van der Waals surface area contributed by atoms with Gasteiger partial charge in [-0.05, 0) is 42.7 Å². The predicted octanol–water partition coefficient (Wildman–Crippen LogP) is 0.977. The fraction of sp³-hybridized carbons (Fsp3) is 0.318. The van der Waals surface area contributed by atoms with E-state index in [1.54, 1.807) is 13.2 Å². The van der Waals surface area contributed by atoms with Crippen LogP contribution in [0.4, 0.5) is 0 Å². The average molecular weight is 458 g/mol. The summed E-state index contributed by atoms with van der Waals surface area (Å²) in [4.78, 5) is 37.9. The maximum Gasteiger partial charge on any atom is 0.255 e. The van der Waals surface area contributed by atoms with E-state index in [1.165, 1.54) is 17.0 Å². The summed E-state index contributed by atoms with van der Waals surface area (Å²) in [6.07, 6.45) is 0.834. The number of nitrogens with one attached hydrogen (secondary N) is 2. The molecule has 168 valence electrons. The highest BCUT2D eigenvalue weighted by molar-refractivity contribution is 7.89. The van der Waals surface area contributed by atoms with Crippen molar-refractivity contribution in [2.75, 3.05) is 13.7 Å². The van der Waals surface area contributed by atoms with Gasteiger partial charge >= 0.3 is 0 Å². The maximum absolute atomic E-state index is 13.0. The molecular formula is C22H23N3O6S. The first-order valence-electron chi connectivity index (χ1n) is 10.2. The predicted molar refractivity (Wildman–Crippen MR) is 114 cm³/mol. The summed E-state index contributed by atoms with van der Waals surface area (Å²) in [6.45, 7) is 0.180. The van der Waals surface area contributed by atoms with Gasteiger partial charge in [-0.25, -0.2) is 13.1 Å². The molecule has 2 heterocycles. The molecule has 3 amide bonds. The van der Waals surface area contributed by atoms with Crippen molar-refractivity contribution in [3.63, 3.8) is 0 Å². The van der Waals surface area contributed by atoms with Crippen LogP contribution in [0.3, 0.4) is 0 Å². The average Bonchev–Trinajstić information content (AvgIpc) is 3.10. The van der Waals surface area contributed by atoms with Gasteiger partial charge in [-0.1, -0.05) is 18.2 Å². The monoisotopic (exact) mass is 457 g/mol. The number of carbonyl (C=O) groups is 3. The summed E-state index contributed by atoms with van der Waals surface area (Å²) in [5, 5.41) is 2.24. The second-order valence-corrected chi connectivity index (χ2v) is 9.41. The molecule has 1 fully saturated rings. The van der Waals surface area contributed by atoms with Gasteiger partial charge in [-0.3, -0.25) is 19.7 Å². The molecule has 32 heavy (non-hydrogen) atoms. The smallest absolute Gasteiger partial charge is 0.255 e. The summed E-state index contributed by atoms with van der Waals surface area (Å²) in [6, 6.07) is 11.1. The van der Waals surface area contributed by atoms with Crippen molar-refractivity contribution in [3.05, 3.63) is 59.2 Å². The number of amides is 3. The van der Waals surface area contributed by atoms with Crippen LogP contribution in [0.5, 0.6) is 5.75 Å². The third-order valence-corrected chi connectivity index (χ3v) is 7.24. The molecule has 1 saturated heterocycles. The third-order valence-electron chi connectivity index (χ3n) is 5.69. The standard InChI is InChI=1S/C22H23N3O6S/c1-31-15-7-5-14(6-8-15)11-12-23-32(29,30)19-4-2-3-16-17(19)13-25(22(16)28)18-9-10-20(26)24-21(18)27/h2-8,18,23H,9-13H2,1H3,(H,24,26,27). The molecule has 4 rings (SSSR count). The van der Waals surface area contributed by atoms with Gasteiger partial charge in [0.2, 0.25) is 21.8 Å². The van der Waals surface area contributed by atoms with Crippen LogP contribution in [0.2, 0.25) is 0 Å². The summed E-state index contributed by atoms with van der Waals surface area (Å²) in [5.41, 5.74) is 1.57. The Kier molecular flexibility index (Phi) is 5.98. The molecule has 0 spiro atoms. The number of ether oxygens (including phenoxy) is 1. The molecule has 0 radical (unpaired) electrons. The van der Waals surface area contributed by atoms with Crippen LogP contribution in [0, 0.1) is 0 Å². The van der Waals surface area contributed by atoms with Gasteiger partial charge in [0.15, 0.2) is 0 Å². The Morgan fingerprint density at radius 1 is 1.12 bits per heavy atom. The lowest BCUT2D eigenvalue weighted by Gasteiger charge is -2.29. The number of fused-ring (bicyclic) bond motifs is 1. The number of rotatable bonds is 7. The number of hydrogen-bond donors (Lipinski definition) is 2. The molecule has 0 saturated carbocycles. The molecule has 0 bridgehead atoms. The largest absolute Gasteiger partial charge is 0.497 e.